The summed E-state index contributed by atoms with van der Waals surface area (Å²) in [5.74, 6) is 1.49. The molecule has 0 radical (unpaired) electrons. The molecule has 0 aromatic rings. The number of hydrogen-bond donors (Lipinski definition) is 0. The third-order valence-electron chi connectivity index (χ3n) is 5.49. The first-order chi connectivity index (χ1) is 9.42. The molecule has 2 atom stereocenters. The molecule has 0 saturated carbocycles. The lowest BCUT2D eigenvalue weighted by molar-refractivity contribution is 0.225. The molecule has 0 unspecified atom stereocenters. The highest BCUT2D eigenvalue weighted by atomic mass is 14.4. The van der Waals surface area contributed by atoms with Gasteiger partial charge >= 0.3 is 0 Å². The van der Waals surface area contributed by atoms with Gasteiger partial charge in [-0.05, 0) is 69.6 Å². The van der Waals surface area contributed by atoms with Gasteiger partial charge in [-0.15, -0.1) is 0 Å². The van der Waals surface area contributed by atoms with Crippen molar-refractivity contribution in [2.24, 2.45) is 17.3 Å². The molecule has 2 aliphatic carbocycles. The second-order valence-corrected chi connectivity index (χ2v) is 7.65. The van der Waals surface area contributed by atoms with Gasteiger partial charge in [-0.25, -0.2) is 0 Å². The molecule has 0 aromatic heterocycles. The van der Waals surface area contributed by atoms with Crippen LogP contribution in [0.4, 0.5) is 0 Å². The molecule has 20 heavy (non-hydrogen) atoms. The Balaban J connectivity index is 2.26. The van der Waals surface area contributed by atoms with Gasteiger partial charge in [0.05, 0.1) is 0 Å². The Morgan fingerprint density at radius 3 is 2.35 bits per heavy atom. The molecule has 0 aromatic carbocycles. The van der Waals surface area contributed by atoms with Crippen molar-refractivity contribution in [1.82, 2.24) is 0 Å². The van der Waals surface area contributed by atoms with Crippen LogP contribution in [0.5, 0.6) is 0 Å². The quantitative estimate of drug-likeness (QED) is 0.481. The molecule has 0 heteroatoms. The smallest absolute Gasteiger partial charge is 0.0138 e. The number of fused-ring (bicyclic) bond motifs is 1. The van der Waals surface area contributed by atoms with E-state index >= 15 is 0 Å². The van der Waals surface area contributed by atoms with Gasteiger partial charge in [0.25, 0.3) is 0 Å². The van der Waals surface area contributed by atoms with Gasteiger partial charge in [0.2, 0.25) is 0 Å². The lowest BCUT2D eigenvalue weighted by Crippen LogP contribution is -2.25. The molecule has 0 aliphatic heterocycles. The fourth-order valence-electron chi connectivity index (χ4n) is 3.95. The molecule has 112 valence electrons. The van der Waals surface area contributed by atoms with Gasteiger partial charge in [0.15, 0.2) is 0 Å². The molecular weight excluding hydrogens is 240 g/mol. The minimum absolute atomic E-state index is 0.464. The van der Waals surface area contributed by atoms with E-state index in [1.807, 2.05) is 0 Å². The zero-order chi connectivity index (χ0) is 14.8. The predicted molar refractivity (Wildman–Crippen MR) is 89.7 cm³/mol. The Bertz CT molecular complexity index is 433. The molecule has 0 fully saturated rings. The van der Waals surface area contributed by atoms with E-state index in [4.69, 9.17) is 0 Å². The van der Waals surface area contributed by atoms with Gasteiger partial charge in [0.1, 0.15) is 0 Å². The summed E-state index contributed by atoms with van der Waals surface area (Å²) in [5, 5.41) is 0. The number of allylic oxidation sites excluding steroid dienone is 6. The molecule has 0 heterocycles. The SMILES string of the molecule is C/C1=C\C[C@@]2(C)CC=C(C(C)C)[C@@H]2CC/C(C)=C/CC1. The minimum atomic E-state index is 0.464. The van der Waals surface area contributed by atoms with E-state index in [2.05, 4.69) is 52.8 Å². The van der Waals surface area contributed by atoms with Crippen molar-refractivity contribution >= 4 is 0 Å². The Hall–Kier alpha value is -0.780. The van der Waals surface area contributed by atoms with Crippen molar-refractivity contribution in [3.05, 3.63) is 34.9 Å². The predicted octanol–water partition coefficient (Wildman–Crippen LogP) is 6.45. The van der Waals surface area contributed by atoms with E-state index < -0.39 is 0 Å². The molecular formula is C20H32. The first-order valence-corrected chi connectivity index (χ1v) is 8.43. The molecule has 0 amide bonds. The van der Waals surface area contributed by atoms with Crippen LogP contribution in [0.1, 0.15) is 73.1 Å². The van der Waals surface area contributed by atoms with Gasteiger partial charge in [0, 0.05) is 0 Å². The molecule has 0 bridgehead atoms. The largest absolute Gasteiger partial charge is 0.0853 e. The van der Waals surface area contributed by atoms with E-state index in [1.165, 1.54) is 38.5 Å². The number of hydrogen-bond acceptors (Lipinski definition) is 0. The highest BCUT2D eigenvalue weighted by Gasteiger charge is 2.39. The second kappa shape index (κ2) is 6.33. The summed E-state index contributed by atoms with van der Waals surface area (Å²) in [6.07, 6.45) is 15.2. The Kier molecular flexibility index (Phi) is 4.94. The summed E-state index contributed by atoms with van der Waals surface area (Å²) in [6, 6.07) is 0. The van der Waals surface area contributed by atoms with Gasteiger partial charge in [-0.1, -0.05) is 55.7 Å². The molecule has 0 nitrogen and oxygen atoms in total. The van der Waals surface area contributed by atoms with Gasteiger partial charge in [-0.3, -0.25) is 0 Å². The van der Waals surface area contributed by atoms with Gasteiger partial charge < -0.3 is 0 Å². The molecule has 0 spiro atoms. The van der Waals surface area contributed by atoms with E-state index in [-0.39, 0.29) is 0 Å². The average molecular weight is 272 g/mol. The van der Waals surface area contributed by atoms with E-state index in [0.29, 0.717) is 11.3 Å². The monoisotopic (exact) mass is 272 g/mol. The summed E-state index contributed by atoms with van der Waals surface area (Å²) >= 11 is 0. The maximum absolute atomic E-state index is 2.56. The van der Waals surface area contributed by atoms with Crippen LogP contribution in [0.15, 0.2) is 34.9 Å². The van der Waals surface area contributed by atoms with Crippen LogP contribution in [0.2, 0.25) is 0 Å². The molecule has 2 aliphatic rings. The van der Waals surface area contributed by atoms with Crippen LogP contribution in [-0.4, -0.2) is 0 Å². The standard InChI is InChI=1S/C20H32/c1-15(2)18-12-14-20(5)13-11-17(4)8-6-7-16(3)9-10-19(18)20/h7,11-12,15,19H,6,8-10,13-14H2,1-5H3/b16-7+,17-11+/t19-,20-/m0/s1. The average Bonchev–Trinajstić information content (AvgIpc) is 2.70. The maximum atomic E-state index is 2.56. The highest BCUT2D eigenvalue weighted by Crippen LogP contribution is 2.50. The van der Waals surface area contributed by atoms with Crippen molar-refractivity contribution in [2.45, 2.75) is 73.1 Å². The number of rotatable bonds is 1. The summed E-state index contributed by atoms with van der Waals surface area (Å²) in [5.41, 5.74) is 5.36. The van der Waals surface area contributed by atoms with Crippen molar-refractivity contribution < 1.29 is 0 Å². The fourth-order valence-corrected chi connectivity index (χ4v) is 3.95. The summed E-state index contributed by atoms with van der Waals surface area (Å²) in [6.45, 7) is 11.9. The Morgan fingerprint density at radius 2 is 1.65 bits per heavy atom. The summed E-state index contributed by atoms with van der Waals surface area (Å²) in [4.78, 5) is 0. The van der Waals surface area contributed by atoms with Crippen molar-refractivity contribution in [3.63, 3.8) is 0 Å². The molecule has 0 saturated heterocycles. The first kappa shape index (κ1) is 15.6. The lowest BCUT2D eigenvalue weighted by atomic mass is 9.70. The Morgan fingerprint density at radius 1 is 1.00 bits per heavy atom. The normalized spacial score (nSPS) is 37.3. The fraction of sp³-hybridized carbons (Fsp3) is 0.700. The van der Waals surface area contributed by atoms with E-state index in [9.17, 15) is 0 Å². The van der Waals surface area contributed by atoms with Crippen molar-refractivity contribution in [1.29, 1.82) is 0 Å². The Labute approximate surface area is 126 Å². The van der Waals surface area contributed by atoms with Crippen LogP contribution >= 0.6 is 0 Å². The van der Waals surface area contributed by atoms with Crippen molar-refractivity contribution in [2.75, 3.05) is 0 Å². The maximum Gasteiger partial charge on any atom is -0.0138 e. The van der Waals surface area contributed by atoms with Crippen LogP contribution < -0.4 is 0 Å². The lowest BCUT2D eigenvalue weighted by Gasteiger charge is -2.34. The summed E-state index contributed by atoms with van der Waals surface area (Å²) < 4.78 is 0. The van der Waals surface area contributed by atoms with E-state index in [0.717, 1.165) is 5.92 Å². The molecule has 2 rings (SSSR count). The zero-order valence-electron chi connectivity index (χ0n) is 14.1. The second-order valence-electron chi connectivity index (χ2n) is 7.65. The minimum Gasteiger partial charge on any atom is -0.0853 e. The third-order valence-corrected chi connectivity index (χ3v) is 5.49. The van der Waals surface area contributed by atoms with Crippen LogP contribution in [0.3, 0.4) is 0 Å². The van der Waals surface area contributed by atoms with Crippen LogP contribution in [0.25, 0.3) is 0 Å². The van der Waals surface area contributed by atoms with Gasteiger partial charge in [-0.2, -0.15) is 0 Å². The third kappa shape index (κ3) is 3.45. The zero-order valence-corrected chi connectivity index (χ0v) is 14.1. The van der Waals surface area contributed by atoms with Crippen LogP contribution in [-0.2, 0) is 0 Å². The first-order valence-electron chi connectivity index (χ1n) is 8.43. The topological polar surface area (TPSA) is 0 Å². The summed E-state index contributed by atoms with van der Waals surface area (Å²) in [7, 11) is 0. The van der Waals surface area contributed by atoms with Crippen molar-refractivity contribution in [3.8, 4) is 0 Å². The molecule has 0 N–H and O–H groups in total. The van der Waals surface area contributed by atoms with Crippen LogP contribution in [0, 0.1) is 17.3 Å². The van der Waals surface area contributed by atoms with E-state index in [1.54, 1.807) is 16.7 Å². The highest BCUT2D eigenvalue weighted by molar-refractivity contribution is 5.23.